The molecule has 0 saturated carbocycles. The van der Waals surface area contributed by atoms with Gasteiger partial charge in [-0.1, -0.05) is 42.5 Å². The first kappa shape index (κ1) is 20.7. The molecular weight excluding hydrogens is 370 g/mol. The van der Waals surface area contributed by atoms with E-state index in [1.807, 2.05) is 47.4 Å². The van der Waals surface area contributed by atoms with Crippen LogP contribution in [0.1, 0.15) is 24.5 Å². The van der Waals surface area contributed by atoms with Crippen molar-refractivity contribution >= 4 is 12.1 Å². The van der Waals surface area contributed by atoms with E-state index < -0.39 is 0 Å². The molecule has 1 atom stereocenters. The lowest BCUT2D eigenvalue weighted by atomic mass is 10.1. The summed E-state index contributed by atoms with van der Waals surface area (Å²) in [6.45, 7) is 3.08. The van der Waals surface area contributed by atoms with Gasteiger partial charge in [0.05, 0.1) is 12.6 Å². The Balaban J connectivity index is 1.49. The molecule has 0 radical (unpaired) electrons. The van der Waals surface area contributed by atoms with Crippen LogP contribution in [0.2, 0.25) is 0 Å². The highest BCUT2D eigenvalue weighted by Gasteiger charge is 2.32. The number of hydrogen-bond acceptors (Lipinski definition) is 5. The summed E-state index contributed by atoms with van der Waals surface area (Å²) in [5.41, 5.74) is 2.30. The number of benzene rings is 2. The molecule has 29 heavy (non-hydrogen) atoms. The second kappa shape index (κ2) is 10.5. The van der Waals surface area contributed by atoms with Crippen LogP contribution in [0.15, 0.2) is 54.6 Å². The van der Waals surface area contributed by atoms with Crippen molar-refractivity contribution in [3.8, 4) is 5.75 Å². The van der Waals surface area contributed by atoms with E-state index in [-0.39, 0.29) is 24.7 Å². The van der Waals surface area contributed by atoms with Gasteiger partial charge in [-0.05, 0) is 49.4 Å². The SMILES string of the molecule is CCOC(=O)COc1cccc(CCCN2C(=O)OCC2Cc2ccccc2)c1. The molecule has 1 amide bonds. The number of esters is 1. The van der Waals surface area contributed by atoms with Crippen molar-refractivity contribution < 1.29 is 23.8 Å². The summed E-state index contributed by atoms with van der Waals surface area (Å²) < 4.78 is 15.6. The van der Waals surface area contributed by atoms with Gasteiger partial charge < -0.3 is 19.1 Å². The van der Waals surface area contributed by atoms with E-state index in [9.17, 15) is 9.59 Å². The fourth-order valence-corrected chi connectivity index (χ4v) is 3.41. The number of nitrogens with zero attached hydrogens (tertiary/aromatic N) is 1. The first-order chi connectivity index (χ1) is 14.2. The Bertz CT molecular complexity index is 808. The van der Waals surface area contributed by atoms with Crippen LogP contribution in [0.25, 0.3) is 0 Å². The molecule has 6 nitrogen and oxygen atoms in total. The molecule has 0 bridgehead atoms. The fraction of sp³-hybridized carbons (Fsp3) is 0.391. The fourth-order valence-electron chi connectivity index (χ4n) is 3.41. The van der Waals surface area contributed by atoms with E-state index >= 15 is 0 Å². The molecule has 1 heterocycles. The first-order valence-electron chi connectivity index (χ1n) is 10.0. The highest BCUT2D eigenvalue weighted by molar-refractivity contribution is 5.71. The number of hydrogen-bond donors (Lipinski definition) is 0. The van der Waals surface area contributed by atoms with Crippen molar-refractivity contribution in [2.24, 2.45) is 0 Å². The van der Waals surface area contributed by atoms with Crippen LogP contribution in [-0.4, -0.2) is 49.4 Å². The summed E-state index contributed by atoms with van der Waals surface area (Å²) >= 11 is 0. The molecule has 154 valence electrons. The Morgan fingerprint density at radius 2 is 1.93 bits per heavy atom. The van der Waals surface area contributed by atoms with Gasteiger partial charge in [0.15, 0.2) is 6.61 Å². The summed E-state index contributed by atoms with van der Waals surface area (Å²) in [5, 5.41) is 0. The summed E-state index contributed by atoms with van der Waals surface area (Å²) in [5.74, 6) is 0.257. The van der Waals surface area contributed by atoms with E-state index in [0.717, 1.165) is 24.8 Å². The first-order valence-corrected chi connectivity index (χ1v) is 10.0. The van der Waals surface area contributed by atoms with Gasteiger partial charge in [-0.3, -0.25) is 0 Å². The van der Waals surface area contributed by atoms with E-state index in [2.05, 4.69) is 12.1 Å². The minimum Gasteiger partial charge on any atom is -0.482 e. The maximum Gasteiger partial charge on any atom is 0.410 e. The molecular formula is C23H27NO5. The lowest BCUT2D eigenvalue weighted by Crippen LogP contribution is -2.36. The van der Waals surface area contributed by atoms with Crippen molar-refractivity contribution in [1.29, 1.82) is 0 Å². The number of cyclic esters (lactones) is 1. The average Bonchev–Trinajstić information content (AvgIpc) is 3.07. The molecule has 1 aliphatic heterocycles. The van der Waals surface area contributed by atoms with Gasteiger partial charge in [0, 0.05) is 6.54 Å². The normalized spacial score (nSPS) is 15.8. The van der Waals surface area contributed by atoms with Crippen LogP contribution >= 0.6 is 0 Å². The zero-order valence-corrected chi connectivity index (χ0v) is 16.7. The van der Waals surface area contributed by atoms with Crippen LogP contribution in [0.5, 0.6) is 5.75 Å². The molecule has 1 saturated heterocycles. The molecule has 2 aromatic rings. The number of carbonyl (C=O) groups is 2. The molecule has 1 fully saturated rings. The van der Waals surface area contributed by atoms with Gasteiger partial charge in [-0.25, -0.2) is 9.59 Å². The summed E-state index contributed by atoms with van der Waals surface area (Å²) in [6.07, 6.45) is 2.18. The second-order valence-corrected chi connectivity index (χ2v) is 6.96. The van der Waals surface area contributed by atoms with Gasteiger partial charge in [-0.2, -0.15) is 0 Å². The highest BCUT2D eigenvalue weighted by Crippen LogP contribution is 2.19. The molecule has 0 aliphatic carbocycles. The third-order valence-corrected chi connectivity index (χ3v) is 4.81. The Morgan fingerprint density at radius 3 is 2.72 bits per heavy atom. The van der Waals surface area contributed by atoms with Crippen LogP contribution in [0.3, 0.4) is 0 Å². The number of ether oxygens (including phenoxy) is 3. The highest BCUT2D eigenvalue weighted by atomic mass is 16.6. The van der Waals surface area contributed by atoms with Crippen LogP contribution in [0.4, 0.5) is 4.79 Å². The van der Waals surface area contributed by atoms with Crippen molar-refractivity contribution in [3.63, 3.8) is 0 Å². The van der Waals surface area contributed by atoms with Crippen molar-refractivity contribution in [1.82, 2.24) is 4.90 Å². The zero-order valence-electron chi connectivity index (χ0n) is 16.7. The largest absolute Gasteiger partial charge is 0.482 e. The van der Waals surface area contributed by atoms with Crippen LogP contribution in [-0.2, 0) is 27.1 Å². The van der Waals surface area contributed by atoms with Crippen LogP contribution in [0, 0.1) is 0 Å². The Morgan fingerprint density at radius 1 is 1.14 bits per heavy atom. The van der Waals surface area contributed by atoms with E-state index in [0.29, 0.717) is 25.5 Å². The predicted molar refractivity (Wildman–Crippen MR) is 109 cm³/mol. The number of amides is 1. The number of carbonyl (C=O) groups excluding carboxylic acids is 2. The number of aryl methyl sites for hydroxylation is 1. The lowest BCUT2D eigenvalue weighted by Gasteiger charge is -2.21. The molecule has 2 aromatic carbocycles. The Hall–Kier alpha value is -3.02. The number of rotatable bonds is 10. The smallest absolute Gasteiger partial charge is 0.410 e. The minimum absolute atomic E-state index is 0.0733. The molecule has 0 aromatic heterocycles. The third-order valence-electron chi connectivity index (χ3n) is 4.81. The van der Waals surface area contributed by atoms with Crippen molar-refractivity contribution in [2.45, 2.75) is 32.2 Å². The Kier molecular flexibility index (Phi) is 7.50. The quantitative estimate of drug-likeness (QED) is 0.573. The molecule has 1 aliphatic rings. The predicted octanol–water partition coefficient (Wildman–Crippen LogP) is 3.62. The van der Waals surface area contributed by atoms with Gasteiger partial charge in [0.1, 0.15) is 12.4 Å². The maximum atomic E-state index is 12.1. The van der Waals surface area contributed by atoms with Gasteiger partial charge in [0.2, 0.25) is 0 Å². The topological polar surface area (TPSA) is 65.1 Å². The van der Waals surface area contributed by atoms with Crippen molar-refractivity contribution in [3.05, 3.63) is 65.7 Å². The summed E-state index contributed by atoms with van der Waals surface area (Å²) in [4.78, 5) is 25.4. The molecule has 3 rings (SSSR count). The summed E-state index contributed by atoms with van der Waals surface area (Å²) in [7, 11) is 0. The molecule has 1 unspecified atom stereocenters. The molecule has 0 spiro atoms. The minimum atomic E-state index is -0.380. The lowest BCUT2D eigenvalue weighted by molar-refractivity contribution is -0.145. The van der Waals surface area contributed by atoms with Crippen molar-refractivity contribution in [2.75, 3.05) is 26.4 Å². The molecule has 0 N–H and O–H groups in total. The second-order valence-electron chi connectivity index (χ2n) is 6.96. The van der Waals surface area contributed by atoms with Gasteiger partial charge in [-0.15, -0.1) is 0 Å². The zero-order chi connectivity index (χ0) is 20.5. The average molecular weight is 397 g/mol. The van der Waals surface area contributed by atoms with E-state index in [4.69, 9.17) is 14.2 Å². The monoisotopic (exact) mass is 397 g/mol. The van der Waals surface area contributed by atoms with Gasteiger partial charge in [0.25, 0.3) is 0 Å². The van der Waals surface area contributed by atoms with E-state index in [1.165, 1.54) is 5.56 Å². The van der Waals surface area contributed by atoms with Gasteiger partial charge >= 0.3 is 12.1 Å². The third kappa shape index (κ3) is 6.24. The van der Waals surface area contributed by atoms with Crippen LogP contribution < -0.4 is 4.74 Å². The molecule has 6 heteroatoms. The maximum absolute atomic E-state index is 12.1. The summed E-state index contributed by atoms with van der Waals surface area (Å²) in [6, 6.07) is 17.9. The standard InChI is InChI=1S/C23H27NO5/c1-2-27-22(25)17-28-21-12-6-10-19(15-21)11-7-13-24-20(16-29-23(24)26)14-18-8-4-3-5-9-18/h3-6,8-10,12,15,20H,2,7,11,13-14,16-17H2,1H3. The van der Waals surface area contributed by atoms with E-state index in [1.54, 1.807) is 6.92 Å². The Labute approximate surface area is 171 Å².